The lowest BCUT2D eigenvalue weighted by molar-refractivity contribution is 0.627. The molecule has 0 amide bonds. The van der Waals surface area contributed by atoms with E-state index in [1.54, 1.807) is 12.1 Å². The summed E-state index contributed by atoms with van der Waals surface area (Å²) in [7, 11) is 0. The molecule has 0 fully saturated rings. The molecule has 0 bridgehead atoms. The van der Waals surface area contributed by atoms with Gasteiger partial charge in [0.2, 0.25) is 0 Å². The fraction of sp³-hybridized carbons (Fsp3) is 0.143. The molecule has 1 atom stereocenters. The largest absolute Gasteiger partial charge is 0.207 e. The van der Waals surface area contributed by atoms with Crippen LogP contribution in [0.15, 0.2) is 46.9 Å². The first-order valence-electron chi connectivity index (χ1n) is 5.24. The van der Waals surface area contributed by atoms with Crippen molar-refractivity contribution in [2.24, 2.45) is 0 Å². The molecule has 2 aromatic rings. The van der Waals surface area contributed by atoms with Gasteiger partial charge in [0.25, 0.3) is 0 Å². The first kappa shape index (κ1) is 12.6. The van der Waals surface area contributed by atoms with Crippen LogP contribution in [0.4, 0.5) is 4.39 Å². The Balaban J connectivity index is 2.40. The average molecular weight is 314 g/mol. The second-order valence-corrected chi connectivity index (χ2v) is 5.16. The summed E-state index contributed by atoms with van der Waals surface area (Å²) >= 11 is 9.90. The Morgan fingerprint density at radius 1 is 1.12 bits per heavy atom. The molecule has 0 nitrogen and oxygen atoms in total. The number of benzene rings is 2. The predicted molar refractivity (Wildman–Crippen MR) is 73.0 cm³/mol. The van der Waals surface area contributed by atoms with Gasteiger partial charge in [-0.05, 0) is 41.8 Å². The molecule has 88 valence electrons. The van der Waals surface area contributed by atoms with Crippen molar-refractivity contribution in [3.63, 3.8) is 0 Å². The Labute approximate surface area is 114 Å². The Kier molecular flexibility index (Phi) is 3.85. The van der Waals surface area contributed by atoms with E-state index in [2.05, 4.69) is 15.9 Å². The fourth-order valence-electron chi connectivity index (χ4n) is 1.71. The highest BCUT2D eigenvalue weighted by Crippen LogP contribution is 2.33. The lowest BCUT2D eigenvalue weighted by Gasteiger charge is -2.14. The SMILES string of the molecule is Cc1c(Br)cccc1C(Cl)c1ccc(F)cc1. The third-order valence-electron chi connectivity index (χ3n) is 2.75. The van der Waals surface area contributed by atoms with Crippen LogP contribution in [-0.4, -0.2) is 0 Å². The fourth-order valence-corrected chi connectivity index (χ4v) is 2.47. The average Bonchev–Trinajstić information content (AvgIpc) is 2.33. The second kappa shape index (κ2) is 5.19. The minimum Gasteiger partial charge on any atom is -0.207 e. The summed E-state index contributed by atoms with van der Waals surface area (Å²) < 4.78 is 13.9. The molecule has 1 unspecified atom stereocenters. The van der Waals surface area contributed by atoms with Gasteiger partial charge in [-0.25, -0.2) is 4.39 Å². The van der Waals surface area contributed by atoms with Crippen molar-refractivity contribution >= 4 is 27.5 Å². The third-order valence-corrected chi connectivity index (χ3v) is 4.09. The van der Waals surface area contributed by atoms with Crippen LogP contribution >= 0.6 is 27.5 Å². The minimum atomic E-state index is -0.256. The number of rotatable bonds is 2. The summed E-state index contributed by atoms with van der Waals surface area (Å²) in [5.74, 6) is -0.247. The normalized spacial score (nSPS) is 12.5. The molecule has 0 spiro atoms. The van der Waals surface area contributed by atoms with E-state index in [0.29, 0.717) is 0 Å². The lowest BCUT2D eigenvalue weighted by Crippen LogP contribution is -1.97. The van der Waals surface area contributed by atoms with Crippen molar-refractivity contribution in [1.82, 2.24) is 0 Å². The Bertz CT molecular complexity index is 522. The zero-order chi connectivity index (χ0) is 12.4. The summed E-state index contributed by atoms with van der Waals surface area (Å²) in [6.07, 6.45) is 0. The summed E-state index contributed by atoms with van der Waals surface area (Å²) in [6.45, 7) is 2.01. The Morgan fingerprint density at radius 2 is 1.76 bits per heavy atom. The third kappa shape index (κ3) is 2.70. The van der Waals surface area contributed by atoms with Crippen LogP contribution in [0.25, 0.3) is 0 Å². The van der Waals surface area contributed by atoms with Gasteiger partial charge in [0.05, 0.1) is 5.38 Å². The molecule has 0 aliphatic carbocycles. The van der Waals surface area contributed by atoms with Gasteiger partial charge in [-0.1, -0.05) is 40.2 Å². The summed E-state index contributed by atoms with van der Waals surface area (Å²) in [5.41, 5.74) is 3.04. The van der Waals surface area contributed by atoms with Gasteiger partial charge in [-0.3, -0.25) is 0 Å². The molecule has 0 radical (unpaired) electrons. The lowest BCUT2D eigenvalue weighted by atomic mass is 10.0. The first-order valence-corrected chi connectivity index (χ1v) is 6.47. The highest BCUT2D eigenvalue weighted by atomic mass is 79.9. The van der Waals surface area contributed by atoms with Gasteiger partial charge < -0.3 is 0 Å². The standard InChI is InChI=1S/C14H11BrClF/c1-9-12(3-2-4-13(9)15)14(16)10-5-7-11(17)8-6-10/h2-8,14H,1H3. The molecule has 17 heavy (non-hydrogen) atoms. The van der Waals surface area contributed by atoms with Gasteiger partial charge in [0.15, 0.2) is 0 Å². The maximum absolute atomic E-state index is 12.8. The van der Waals surface area contributed by atoms with Crippen molar-refractivity contribution in [2.45, 2.75) is 12.3 Å². The van der Waals surface area contributed by atoms with E-state index in [-0.39, 0.29) is 11.2 Å². The van der Waals surface area contributed by atoms with E-state index >= 15 is 0 Å². The molecule has 2 rings (SSSR count). The van der Waals surface area contributed by atoms with Crippen molar-refractivity contribution < 1.29 is 4.39 Å². The molecule has 0 saturated carbocycles. The first-order chi connectivity index (χ1) is 8.09. The number of hydrogen-bond acceptors (Lipinski definition) is 0. The molecular formula is C14H11BrClF. The summed E-state index contributed by atoms with van der Waals surface area (Å²) in [5, 5.41) is -0.256. The predicted octanol–water partition coefficient (Wildman–Crippen LogP) is 5.22. The van der Waals surface area contributed by atoms with E-state index in [0.717, 1.165) is 21.2 Å². The van der Waals surface area contributed by atoms with Crippen molar-refractivity contribution in [3.05, 3.63) is 69.4 Å². The van der Waals surface area contributed by atoms with Gasteiger partial charge in [0.1, 0.15) is 5.82 Å². The van der Waals surface area contributed by atoms with Gasteiger partial charge in [0, 0.05) is 4.47 Å². The zero-order valence-electron chi connectivity index (χ0n) is 9.25. The van der Waals surface area contributed by atoms with E-state index in [1.165, 1.54) is 12.1 Å². The molecule has 3 heteroatoms. The smallest absolute Gasteiger partial charge is 0.123 e. The molecule has 0 heterocycles. The van der Waals surface area contributed by atoms with Gasteiger partial charge >= 0.3 is 0 Å². The monoisotopic (exact) mass is 312 g/mol. The topological polar surface area (TPSA) is 0 Å². The van der Waals surface area contributed by atoms with Crippen molar-refractivity contribution in [1.29, 1.82) is 0 Å². The van der Waals surface area contributed by atoms with Crippen LogP contribution in [0, 0.1) is 12.7 Å². The van der Waals surface area contributed by atoms with Crippen LogP contribution in [0.1, 0.15) is 22.1 Å². The van der Waals surface area contributed by atoms with Crippen LogP contribution in [-0.2, 0) is 0 Å². The van der Waals surface area contributed by atoms with Crippen molar-refractivity contribution in [3.8, 4) is 0 Å². The molecule has 0 aliphatic rings. The van der Waals surface area contributed by atoms with Gasteiger partial charge in [-0.15, -0.1) is 11.6 Å². The van der Waals surface area contributed by atoms with Gasteiger partial charge in [-0.2, -0.15) is 0 Å². The maximum atomic E-state index is 12.8. The maximum Gasteiger partial charge on any atom is 0.123 e. The highest BCUT2D eigenvalue weighted by Gasteiger charge is 2.14. The molecule has 0 N–H and O–H groups in total. The second-order valence-electron chi connectivity index (χ2n) is 3.87. The van der Waals surface area contributed by atoms with E-state index < -0.39 is 0 Å². The van der Waals surface area contributed by atoms with Crippen LogP contribution in [0.3, 0.4) is 0 Å². The van der Waals surface area contributed by atoms with E-state index in [1.807, 2.05) is 25.1 Å². The highest BCUT2D eigenvalue weighted by molar-refractivity contribution is 9.10. The summed E-state index contributed by atoms with van der Waals surface area (Å²) in [6, 6.07) is 12.2. The number of halogens is 3. The molecule has 0 aromatic heterocycles. The molecule has 2 aromatic carbocycles. The van der Waals surface area contributed by atoms with Crippen LogP contribution in [0.5, 0.6) is 0 Å². The Hall–Kier alpha value is -0.860. The number of alkyl halides is 1. The molecular weight excluding hydrogens is 303 g/mol. The summed E-state index contributed by atoms with van der Waals surface area (Å²) in [4.78, 5) is 0. The van der Waals surface area contributed by atoms with E-state index in [4.69, 9.17) is 11.6 Å². The number of hydrogen-bond donors (Lipinski definition) is 0. The molecule has 0 saturated heterocycles. The quantitative estimate of drug-likeness (QED) is 0.666. The Morgan fingerprint density at radius 3 is 2.41 bits per heavy atom. The minimum absolute atomic E-state index is 0.247. The van der Waals surface area contributed by atoms with Crippen LogP contribution < -0.4 is 0 Å². The van der Waals surface area contributed by atoms with E-state index in [9.17, 15) is 4.39 Å². The molecule has 0 aliphatic heterocycles. The zero-order valence-corrected chi connectivity index (χ0v) is 11.6. The van der Waals surface area contributed by atoms with Crippen molar-refractivity contribution in [2.75, 3.05) is 0 Å². The van der Waals surface area contributed by atoms with Crippen LogP contribution in [0.2, 0.25) is 0 Å².